The number of nitrogens with one attached hydrogen (secondary N) is 2. The lowest BCUT2D eigenvalue weighted by molar-refractivity contribution is -1.03. The number of hydrogen-bond donors (Lipinski definition) is 2. The van der Waals surface area contributed by atoms with Crippen molar-refractivity contribution in [3.8, 4) is 0 Å². The molecule has 1 aromatic rings. The molecule has 0 bridgehead atoms. The zero-order valence-electron chi connectivity index (χ0n) is 13.2. The van der Waals surface area contributed by atoms with Gasteiger partial charge in [-0.15, -0.1) is 0 Å². The first kappa shape index (κ1) is 15.5. The highest BCUT2D eigenvalue weighted by Crippen LogP contribution is 2.21. The van der Waals surface area contributed by atoms with Gasteiger partial charge in [-0.05, 0) is 31.4 Å². The number of rotatable bonds is 3. The summed E-state index contributed by atoms with van der Waals surface area (Å²) >= 11 is 3.58. The highest BCUT2D eigenvalue weighted by molar-refractivity contribution is 9.10. The third kappa shape index (κ3) is 4.08. The predicted octanol–water partition coefficient (Wildman–Crippen LogP) is 1.31. The molecule has 3 heteroatoms. The second kappa shape index (κ2) is 7.26. The lowest BCUT2D eigenvalue weighted by Crippen LogP contribution is -3.29. The summed E-state index contributed by atoms with van der Waals surface area (Å²) in [5, 5.41) is 0. The molecule has 0 amide bonds. The Morgan fingerprint density at radius 1 is 1.10 bits per heavy atom. The van der Waals surface area contributed by atoms with Gasteiger partial charge in [0.25, 0.3) is 0 Å². The van der Waals surface area contributed by atoms with Crippen molar-refractivity contribution < 1.29 is 9.80 Å². The fourth-order valence-corrected chi connectivity index (χ4v) is 4.78. The Kier molecular flexibility index (Phi) is 5.36. The molecule has 21 heavy (non-hydrogen) atoms. The number of hydrogen-bond acceptors (Lipinski definition) is 0. The number of quaternary nitrogens is 2. The third-order valence-electron chi connectivity index (χ3n) is 5.58. The quantitative estimate of drug-likeness (QED) is 0.811. The molecular weight excluding hydrogens is 324 g/mol. The third-order valence-corrected chi connectivity index (χ3v) is 6.07. The first-order valence-electron chi connectivity index (χ1n) is 8.65. The van der Waals surface area contributed by atoms with Crippen LogP contribution >= 0.6 is 15.9 Å². The van der Waals surface area contributed by atoms with Crippen molar-refractivity contribution in [3.63, 3.8) is 0 Å². The molecular formula is C18H29BrN2+2. The molecule has 0 spiro atoms. The summed E-state index contributed by atoms with van der Waals surface area (Å²) in [5.41, 5.74) is 1.47. The van der Waals surface area contributed by atoms with Crippen molar-refractivity contribution in [2.75, 3.05) is 26.2 Å². The first-order chi connectivity index (χ1) is 10.2. The Morgan fingerprint density at radius 3 is 2.57 bits per heavy atom. The summed E-state index contributed by atoms with van der Waals surface area (Å²) in [6.45, 7) is 9.09. The molecule has 116 valence electrons. The minimum Gasteiger partial charge on any atom is -0.323 e. The van der Waals surface area contributed by atoms with Gasteiger partial charge in [0, 0.05) is 16.0 Å². The van der Waals surface area contributed by atoms with Crippen molar-refractivity contribution >= 4 is 15.9 Å². The number of piperazine rings is 1. The summed E-state index contributed by atoms with van der Waals surface area (Å²) < 4.78 is 1.21. The van der Waals surface area contributed by atoms with E-state index in [0.717, 1.165) is 12.0 Å². The van der Waals surface area contributed by atoms with Crippen LogP contribution in [0.4, 0.5) is 0 Å². The predicted molar refractivity (Wildman–Crippen MR) is 90.7 cm³/mol. The van der Waals surface area contributed by atoms with Crippen LogP contribution in [0.2, 0.25) is 0 Å². The highest BCUT2D eigenvalue weighted by atomic mass is 79.9. The molecule has 2 fully saturated rings. The van der Waals surface area contributed by atoms with Crippen LogP contribution in [0.5, 0.6) is 0 Å². The summed E-state index contributed by atoms with van der Waals surface area (Å²) in [6.07, 6.45) is 5.86. The molecule has 0 aromatic heterocycles. The van der Waals surface area contributed by atoms with Gasteiger partial charge in [-0.2, -0.15) is 0 Å². The Hall–Kier alpha value is -0.380. The number of benzene rings is 1. The molecule has 1 heterocycles. The minimum absolute atomic E-state index is 0.945. The Balaban J connectivity index is 1.50. The summed E-state index contributed by atoms with van der Waals surface area (Å²) in [4.78, 5) is 3.67. The van der Waals surface area contributed by atoms with Crippen molar-refractivity contribution in [1.29, 1.82) is 0 Å². The van der Waals surface area contributed by atoms with E-state index in [9.17, 15) is 0 Å². The molecule has 1 saturated carbocycles. The van der Waals surface area contributed by atoms with E-state index in [4.69, 9.17) is 0 Å². The van der Waals surface area contributed by atoms with E-state index in [1.807, 2.05) is 4.90 Å². The largest absolute Gasteiger partial charge is 0.323 e. The second-order valence-corrected chi connectivity index (χ2v) is 8.00. The molecule has 2 N–H and O–H groups in total. The van der Waals surface area contributed by atoms with E-state index in [1.54, 1.807) is 4.90 Å². The minimum atomic E-state index is 0.945. The molecule has 1 aromatic carbocycles. The molecule has 2 nitrogen and oxygen atoms in total. The van der Waals surface area contributed by atoms with Gasteiger partial charge in [-0.25, -0.2) is 0 Å². The Bertz CT molecular complexity index is 454. The molecule has 1 saturated heterocycles. The number of halogens is 1. The van der Waals surface area contributed by atoms with Crippen LogP contribution < -0.4 is 9.80 Å². The van der Waals surface area contributed by atoms with E-state index in [-0.39, 0.29) is 0 Å². The topological polar surface area (TPSA) is 8.88 Å². The second-order valence-electron chi connectivity index (χ2n) is 7.08. The van der Waals surface area contributed by atoms with Gasteiger partial charge in [-0.3, -0.25) is 0 Å². The molecule has 0 radical (unpaired) electrons. The van der Waals surface area contributed by atoms with Gasteiger partial charge < -0.3 is 9.80 Å². The van der Waals surface area contributed by atoms with Crippen LogP contribution in [0.3, 0.4) is 0 Å². The lowest BCUT2D eigenvalue weighted by atomic mass is 9.84. The van der Waals surface area contributed by atoms with Crippen LogP contribution in [0.1, 0.15) is 38.2 Å². The van der Waals surface area contributed by atoms with Gasteiger partial charge in [-0.1, -0.05) is 41.4 Å². The maximum Gasteiger partial charge on any atom is 0.127 e. The molecule has 2 atom stereocenters. The standard InChI is InChI=1S/C18H27BrN2/c1-15-5-2-3-8-18(15)21-11-9-20(10-12-21)14-16-6-4-7-17(19)13-16/h4,6-7,13,15,18H,2-3,5,8-12,14H2,1H3/p+2/t15-,18-/m0/s1. The lowest BCUT2D eigenvalue weighted by Gasteiger charge is -2.39. The zero-order chi connectivity index (χ0) is 14.7. The van der Waals surface area contributed by atoms with Crippen molar-refractivity contribution in [1.82, 2.24) is 0 Å². The summed E-state index contributed by atoms with van der Waals surface area (Å²) in [6, 6.07) is 9.76. The summed E-state index contributed by atoms with van der Waals surface area (Å²) in [7, 11) is 0. The average molecular weight is 353 g/mol. The normalized spacial score (nSPS) is 33.8. The van der Waals surface area contributed by atoms with Crippen LogP contribution in [-0.4, -0.2) is 32.2 Å². The molecule has 3 rings (SSSR count). The maximum absolute atomic E-state index is 3.58. The zero-order valence-corrected chi connectivity index (χ0v) is 14.8. The highest BCUT2D eigenvalue weighted by Gasteiger charge is 2.34. The van der Waals surface area contributed by atoms with Crippen LogP contribution in [0.15, 0.2) is 28.7 Å². The van der Waals surface area contributed by atoms with Crippen LogP contribution in [-0.2, 0) is 6.54 Å². The summed E-state index contributed by atoms with van der Waals surface area (Å²) in [5.74, 6) is 0.945. The molecule has 2 aliphatic rings. The van der Waals surface area contributed by atoms with E-state index >= 15 is 0 Å². The molecule has 1 aliphatic heterocycles. The van der Waals surface area contributed by atoms with Crippen molar-refractivity contribution in [3.05, 3.63) is 34.3 Å². The van der Waals surface area contributed by atoms with Gasteiger partial charge in [0.1, 0.15) is 32.7 Å². The maximum atomic E-state index is 3.58. The van der Waals surface area contributed by atoms with E-state index in [1.165, 1.54) is 68.4 Å². The van der Waals surface area contributed by atoms with Crippen molar-refractivity contribution in [2.24, 2.45) is 5.92 Å². The van der Waals surface area contributed by atoms with Crippen molar-refractivity contribution in [2.45, 2.75) is 45.2 Å². The van der Waals surface area contributed by atoms with Gasteiger partial charge in [0.05, 0.1) is 6.04 Å². The molecule has 0 unspecified atom stereocenters. The monoisotopic (exact) mass is 352 g/mol. The van der Waals surface area contributed by atoms with Crippen LogP contribution in [0.25, 0.3) is 0 Å². The first-order valence-corrected chi connectivity index (χ1v) is 9.44. The van der Waals surface area contributed by atoms with E-state index in [2.05, 4.69) is 47.1 Å². The van der Waals surface area contributed by atoms with E-state index in [0.29, 0.717) is 0 Å². The fraction of sp³-hybridized carbons (Fsp3) is 0.667. The fourth-order valence-electron chi connectivity index (χ4n) is 4.33. The SMILES string of the molecule is C[C@H]1CCCC[C@@H]1[NH+]1CC[NH+](Cc2cccc(Br)c2)CC1. The Labute approximate surface area is 137 Å². The van der Waals surface area contributed by atoms with E-state index < -0.39 is 0 Å². The van der Waals surface area contributed by atoms with Gasteiger partial charge in [0.15, 0.2) is 0 Å². The Morgan fingerprint density at radius 2 is 1.86 bits per heavy atom. The molecule has 1 aliphatic carbocycles. The average Bonchev–Trinajstić information content (AvgIpc) is 2.49. The van der Waals surface area contributed by atoms with Gasteiger partial charge >= 0.3 is 0 Å². The smallest absolute Gasteiger partial charge is 0.127 e. The van der Waals surface area contributed by atoms with Gasteiger partial charge in [0.2, 0.25) is 0 Å². The van der Waals surface area contributed by atoms with Crippen LogP contribution in [0, 0.1) is 5.92 Å².